The van der Waals surface area contributed by atoms with Crippen molar-refractivity contribution in [3.8, 4) is 11.4 Å². The Labute approximate surface area is 131 Å². The van der Waals surface area contributed by atoms with Crippen LogP contribution in [0.4, 0.5) is 0 Å². The predicted octanol–water partition coefficient (Wildman–Crippen LogP) is 4.83. The van der Waals surface area contributed by atoms with Crippen molar-refractivity contribution >= 4 is 33.1 Å². The number of aryl methyl sites for hydroxylation is 1. The molecule has 0 radical (unpaired) electrons. The minimum Gasteiger partial charge on any atom is -0.437 e. The fourth-order valence-electron chi connectivity index (χ4n) is 3.04. The third kappa shape index (κ3) is 1.78. The number of fused-ring (bicyclic) bond motifs is 4. The number of benzene rings is 2. The van der Waals surface area contributed by atoms with E-state index in [9.17, 15) is 0 Å². The summed E-state index contributed by atoms with van der Waals surface area (Å²) in [4.78, 5) is 12.5. The Balaban J connectivity index is 1.85. The molecule has 5 aromatic rings. The number of aromatic amines is 1. The van der Waals surface area contributed by atoms with Crippen LogP contribution >= 0.6 is 0 Å². The standard InChI is InChI=1S/C19H13N3O/c1-11-9-10-13-12-5-4-6-14(17(12)23-19(13)20-11)18-21-15-7-2-3-8-16(15)22-18/h2-10H,1H3,(H,21,22). The second-order valence-electron chi connectivity index (χ2n) is 5.69. The highest BCUT2D eigenvalue weighted by Gasteiger charge is 2.15. The minimum atomic E-state index is 0.670. The second kappa shape index (κ2) is 4.43. The van der Waals surface area contributed by atoms with Gasteiger partial charge in [0.2, 0.25) is 5.71 Å². The fraction of sp³-hybridized carbons (Fsp3) is 0.0526. The lowest BCUT2D eigenvalue weighted by molar-refractivity contribution is 0.653. The van der Waals surface area contributed by atoms with E-state index in [1.807, 2.05) is 49.4 Å². The van der Waals surface area contributed by atoms with Crippen LogP contribution in [0.5, 0.6) is 0 Å². The molecule has 4 nitrogen and oxygen atoms in total. The van der Waals surface area contributed by atoms with Crippen molar-refractivity contribution in [2.75, 3.05) is 0 Å². The van der Waals surface area contributed by atoms with Crippen molar-refractivity contribution in [1.29, 1.82) is 0 Å². The van der Waals surface area contributed by atoms with Crippen LogP contribution in [0.15, 0.2) is 59.0 Å². The molecule has 3 aromatic heterocycles. The molecule has 0 aliphatic carbocycles. The molecule has 2 aromatic carbocycles. The van der Waals surface area contributed by atoms with E-state index < -0.39 is 0 Å². The monoisotopic (exact) mass is 299 g/mol. The number of nitrogens with zero attached hydrogens (tertiary/aromatic N) is 2. The first-order valence-corrected chi connectivity index (χ1v) is 7.53. The van der Waals surface area contributed by atoms with Gasteiger partial charge in [0.1, 0.15) is 11.4 Å². The van der Waals surface area contributed by atoms with Crippen LogP contribution < -0.4 is 0 Å². The second-order valence-corrected chi connectivity index (χ2v) is 5.69. The largest absolute Gasteiger partial charge is 0.437 e. The maximum atomic E-state index is 6.04. The first-order valence-electron chi connectivity index (χ1n) is 7.53. The van der Waals surface area contributed by atoms with Crippen LogP contribution in [0.25, 0.3) is 44.5 Å². The lowest BCUT2D eigenvalue weighted by Gasteiger charge is -1.97. The average Bonchev–Trinajstić information content (AvgIpc) is 3.14. The van der Waals surface area contributed by atoms with Gasteiger partial charge >= 0.3 is 0 Å². The summed E-state index contributed by atoms with van der Waals surface area (Å²) in [6, 6.07) is 18.2. The zero-order valence-corrected chi connectivity index (χ0v) is 12.5. The molecule has 3 heterocycles. The molecule has 0 bridgehead atoms. The van der Waals surface area contributed by atoms with E-state index in [2.05, 4.69) is 27.1 Å². The number of rotatable bonds is 1. The molecule has 0 atom stereocenters. The lowest BCUT2D eigenvalue weighted by Crippen LogP contribution is -1.80. The van der Waals surface area contributed by atoms with Gasteiger partial charge in [-0.15, -0.1) is 0 Å². The summed E-state index contributed by atoms with van der Waals surface area (Å²) in [7, 11) is 0. The molecule has 23 heavy (non-hydrogen) atoms. The summed E-state index contributed by atoms with van der Waals surface area (Å²) in [5, 5.41) is 2.09. The summed E-state index contributed by atoms with van der Waals surface area (Å²) in [5.41, 5.74) is 5.36. The molecule has 0 amide bonds. The first-order chi connectivity index (χ1) is 11.3. The molecule has 0 unspecified atom stereocenters. The van der Waals surface area contributed by atoms with E-state index in [1.54, 1.807) is 0 Å². The van der Waals surface area contributed by atoms with Crippen LogP contribution in [-0.2, 0) is 0 Å². The van der Waals surface area contributed by atoms with E-state index in [-0.39, 0.29) is 0 Å². The molecule has 1 N–H and O–H groups in total. The SMILES string of the molecule is Cc1ccc2c(n1)oc1c(-c3nc4ccccc4[nH]3)cccc12. The number of imidazole rings is 1. The highest BCUT2D eigenvalue weighted by atomic mass is 16.3. The molecule has 5 rings (SSSR count). The smallest absolute Gasteiger partial charge is 0.227 e. The number of H-pyrrole nitrogens is 1. The van der Waals surface area contributed by atoms with E-state index in [0.717, 1.165) is 44.5 Å². The number of nitrogens with one attached hydrogen (secondary N) is 1. The van der Waals surface area contributed by atoms with Crippen LogP contribution in [0.1, 0.15) is 5.69 Å². The van der Waals surface area contributed by atoms with Crippen LogP contribution in [-0.4, -0.2) is 15.0 Å². The topological polar surface area (TPSA) is 54.7 Å². The first kappa shape index (κ1) is 12.4. The number of hydrogen-bond donors (Lipinski definition) is 1. The summed E-state index contributed by atoms with van der Waals surface area (Å²) < 4.78 is 6.04. The molecule has 0 spiro atoms. The summed E-state index contributed by atoms with van der Waals surface area (Å²) in [6.45, 7) is 1.97. The summed E-state index contributed by atoms with van der Waals surface area (Å²) in [6.07, 6.45) is 0. The zero-order valence-electron chi connectivity index (χ0n) is 12.5. The Kier molecular flexibility index (Phi) is 2.39. The van der Waals surface area contributed by atoms with E-state index in [1.165, 1.54) is 0 Å². The van der Waals surface area contributed by atoms with E-state index in [0.29, 0.717) is 5.71 Å². The molecule has 110 valence electrons. The maximum Gasteiger partial charge on any atom is 0.227 e. The van der Waals surface area contributed by atoms with Crippen LogP contribution in [0, 0.1) is 6.92 Å². The molecule has 4 heteroatoms. The van der Waals surface area contributed by atoms with Gasteiger partial charge in [0.25, 0.3) is 0 Å². The third-order valence-electron chi connectivity index (χ3n) is 4.15. The van der Waals surface area contributed by atoms with Crippen molar-refractivity contribution in [3.63, 3.8) is 0 Å². The van der Waals surface area contributed by atoms with Crippen molar-refractivity contribution in [2.45, 2.75) is 6.92 Å². The Morgan fingerprint density at radius 1 is 0.870 bits per heavy atom. The normalized spacial score (nSPS) is 11.7. The number of furan rings is 1. The van der Waals surface area contributed by atoms with Gasteiger partial charge in [0.15, 0.2) is 0 Å². The molecular weight excluding hydrogens is 286 g/mol. The molecule has 0 saturated carbocycles. The molecule has 0 saturated heterocycles. The maximum absolute atomic E-state index is 6.04. The van der Waals surface area contributed by atoms with Gasteiger partial charge < -0.3 is 9.40 Å². The number of aromatic nitrogens is 3. The van der Waals surface area contributed by atoms with Gasteiger partial charge in [-0.05, 0) is 37.3 Å². The predicted molar refractivity (Wildman–Crippen MR) is 91.3 cm³/mol. The minimum absolute atomic E-state index is 0.670. The van der Waals surface area contributed by atoms with E-state index in [4.69, 9.17) is 4.42 Å². The van der Waals surface area contributed by atoms with Gasteiger partial charge in [-0.25, -0.2) is 9.97 Å². The number of para-hydroxylation sites is 3. The molecule has 0 aliphatic heterocycles. The van der Waals surface area contributed by atoms with Gasteiger partial charge in [0, 0.05) is 16.5 Å². The summed E-state index contributed by atoms with van der Waals surface area (Å²) in [5.74, 6) is 0.813. The lowest BCUT2D eigenvalue weighted by atomic mass is 10.1. The zero-order chi connectivity index (χ0) is 15.4. The fourth-order valence-corrected chi connectivity index (χ4v) is 3.04. The highest BCUT2D eigenvalue weighted by Crippen LogP contribution is 2.34. The Hall–Kier alpha value is -3.14. The molecule has 0 aliphatic rings. The van der Waals surface area contributed by atoms with Gasteiger partial charge in [-0.2, -0.15) is 0 Å². The van der Waals surface area contributed by atoms with Crippen molar-refractivity contribution in [1.82, 2.24) is 15.0 Å². The van der Waals surface area contributed by atoms with Crippen LogP contribution in [0.3, 0.4) is 0 Å². The van der Waals surface area contributed by atoms with Crippen LogP contribution in [0.2, 0.25) is 0 Å². The van der Waals surface area contributed by atoms with Crippen molar-refractivity contribution in [3.05, 3.63) is 60.3 Å². The third-order valence-corrected chi connectivity index (χ3v) is 4.15. The Bertz CT molecular complexity index is 1150. The quantitative estimate of drug-likeness (QED) is 0.482. The molecule has 0 fully saturated rings. The van der Waals surface area contributed by atoms with Gasteiger partial charge in [0.05, 0.1) is 16.6 Å². The van der Waals surface area contributed by atoms with Gasteiger partial charge in [-0.1, -0.05) is 24.3 Å². The Morgan fingerprint density at radius 2 is 1.78 bits per heavy atom. The highest BCUT2D eigenvalue weighted by molar-refractivity contribution is 6.08. The van der Waals surface area contributed by atoms with E-state index >= 15 is 0 Å². The van der Waals surface area contributed by atoms with Crippen molar-refractivity contribution < 1.29 is 4.42 Å². The Morgan fingerprint density at radius 3 is 2.70 bits per heavy atom. The number of hydrogen-bond acceptors (Lipinski definition) is 3. The molecular formula is C19H13N3O. The summed E-state index contributed by atoms with van der Waals surface area (Å²) >= 11 is 0. The number of pyridine rings is 1. The van der Waals surface area contributed by atoms with Crippen molar-refractivity contribution in [2.24, 2.45) is 0 Å². The van der Waals surface area contributed by atoms with Gasteiger partial charge in [-0.3, -0.25) is 0 Å². The average molecular weight is 299 g/mol.